The number of rotatable bonds is 1. The zero-order valence-electron chi connectivity index (χ0n) is 10.2. The molecule has 2 aromatic rings. The predicted molar refractivity (Wildman–Crippen MR) is 67.1 cm³/mol. The molecule has 4 heteroatoms. The van der Waals surface area contributed by atoms with Gasteiger partial charge in [-0.1, -0.05) is 6.07 Å². The van der Waals surface area contributed by atoms with E-state index < -0.39 is 0 Å². The smallest absolute Gasteiger partial charge is 0.126 e. The number of morpholine rings is 1. The van der Waals surface area contributed by atoms with Crippen molar-refractivity contribution < 1.29 is 4.74 Å². The van der Waals surface area contributed by atoms with Crippen LogP contribution in [0.25, 0.3) is 11.0 Å². The first-order chi connectivity index (χ1) is 8.24. The monoisotopic (exact) mass is 231 g/mol. The Morgan fingerprint density at radius 1 is 1.35 bits per heavy atom. The van der Waals surface area contributed by atoms with Crippen LogP contribution in [-0.4, -0.2) is 29.7 Å². The van der Waals surface area contributed by atoms with Gasteiger partial charge in [-0.2, -0.15) is 0 Å². The lowest BCUT2D eigenvalue weighted by atomic mass is 10.1. The molecule has 2 N–H and O–H groups in total. The van der Waals surface area contributed by atoms with E-state index in [1.807, 2.05) is 0 Å². The summed E-state index contributed by atoms with van der Waals surface area (Å²) in [6.07, 6.45) is 0. The van der Waals surface area contributed by atoms with Crippen LogP contribution in [0.2, 0.25) is 0 Å². The van der Waals surface area contributed by atoms with E-state index in [0.717, 1.165) is 30.0 Å². The van der Waals surface area contributed by atoms with Gasteiger partial charge < -0.3 is 15.0 Å². The molecule has 0 amide bonds. The van der Waals surface area contributed by atoms with Crippen molar-refractivity contribution in [3.63, 3.8) is 0 Å². The fraction of sp³-hybridized carbons (Fsp3) is 0.462. The highest BCUT2D eigenvalue weighted by Crippen LogP contribution is 2.21. The molecule has 1 fully saturated rings. The fourth-order valence-corrected chi connectivity index (χ4v) is 2.40. The molecular weight excluding hydrogens is 214 g/mol. The maximum absolute atomic E-state index is 5.46. The largest absolute Gasteiger partial charge is 0.378 e. The summed E-state index contributed by atoms with van der Waals surface area (Å²) < 4.78 is 5.46. The minimum Gasteiger partial charge on any atom is -0.378 e. The van der Waals surface area contributed by atoms with E-state index in [4.69, 9.17) is 4.74 Å². The Kier molecular flexibility index (Phi) is 2.61. The number of H-pyrrole nitrogens is 1. The molecule has 1 aliphatic rings. The van der Waals surface area contributed by atoms with Crippen molar-refractivity contribution in [1.29, 1.82) is 0 Å². The average molecular weight is 231 g/mol. The van der Waals surface area contributed by atoms with Crippen molar-refractivity contribution >= 4 is 11.0 Å². The second-order valence-corrected chi connectivity index (χ2v) is 4.68. The summed E-state index contributed by atoms with van der Waals surface area (Å²) in [7, 11) is 0. The van der Waals surface area contributed by atoms with E-state index in [1.165, 1.54) is 11.1 Å². The van der Waals surface area contributed by atoms with E-state index in [0.29, 0.717) is 6.61 Å². The number of aromatic nitrogens is 2. The van der Waals surface area contributed by atoms with Gasteiger partial charge in [-0.05, 0) is 31.0 Å². The summed E-state index contributed by atoms with van der Waals surface area (Å²) in [5, 5.41) is 3.41. The predicted octanol–water partition coefficient (Wildman–Crippen LogP) is 1.84. The number of aromatic amines is 1. The van der Waals surface area contributed by atoms with Crippen LogP contribution in [0, 0.1) is 13.8 Å². The number of benzene rings is 1. The van der Waals surface area contributed by atoms with Gasteiger partial charge in [0.2, 0.25) is 0 Å². The number of hydrogen-bond donors (Lipinski definition) is 2. The fourth-order valence-electron chi connectivity index (χ4n) is 2.40. The SMILES string of the molecule is Cc1cc(C)c2nc(C3COCCN3)[nH]c2c1. The Balaban J connectivity index is 2.03. The minimum absolute atomic E-state index is 0.191. The van der Waals surface area contributed by atoms with Crippen LogP contribution in [-0.2, 0) is 4.74 Å². The zero-order valence-corrected chi connectivity index (χ0v) is 10.2. The third-order valence-electron chi connectivity index (χ3n) is 3.19. The Labute approximate surface area is 100 Å². The molecule has 2 heterocycles. The number of fused-ring (bicyclic) bond motifs is 1. The number of imidazole rings is 1. The van der Waals surface area contributed by atoms with Crippen molar-refractivity contribution in [1.82, 2.24) is 15.3 Å². The minimum atomic E-state index is 0.191. The lowest BCUT2D eigenvalue weighted by Gasteiger charge is -2.21. The second kappa shape index (κ2) is 4.13. The number of hydrogen-bond acceptors (Lipinski definition) is 3. The van der Waals surface area contributed by atoms with Crippen molar-refractivity contribution in [3.8, 4) is 0 Å². The van der Waals surface area contributed by atoms with Gasteiger partial charge in [-0.15, -0.1) is 0 Å². The second-order valence-electron chi connectivity index (χ2n) is 4.68. The molecule has 90 valence electrons. The van der Waals surface area contributed by atoms with E-state index in [9.17, 15) is 0 Å². The Morgan fingerprint density at radius 3 is 3.00 bits per heavy atom. The van der Waals surface area contributed by atoms with Crippen molar-refractivity contribution in [2.24, 2.45) is 0 Å². The highest BCUT2D eigenvalue weighted by molar-refractivity contribution is 5.79. The zero-order chi connectivity index (χ0) is 11.8. The van der Waals surface area contributed by atoms with E-state index in [1.54, 1.807) is 0 Å². The maximum atomic E-state index is 5.46. The number of nitrogens with zero attached hydrogens (tertiary/aromatic N) is 1. The molecule has 1 aromatic heterocycles. The highest BCUT2D eigenvalue weighted by atomic mass is 16.5. The van der Waals surface area contributed by atoms with Crippen molar-refractivity contribution in [3.05, 3.63) is 29.1 Å². The molecule has 17 heavy (non-hydrogen) atoms. The molecule has 0 spiro atoms. The van der Waals surface area contributed by atoms with Crippen LogP contribution >= 0.6 is 0 Å². The molecule has 1 aromatic carbocycles. The van der Waals surface area contributed by atoms with Crippen LogP contribution in [0.4, 0.5) is 0 Å². The summed E-state index contributed by atoms with van der Waals surface area (Å²) in [5.41, 5.74) is 4.67. The van der Waals surface area contributed by atoms with Gasteiger partial charge in [0.15, 0.2) is 0 Å². The molecule has 3 rings (SSSR count). The number of ether oxygens (including phenoxy) is 1. The molecule has 4 nitrogen and oxygen atoms in total. The highest BCUT2D eigenvalue weighted by Gasteiger charge is 2.19. The van der Waals surface area contributed by atoms with Gasteiger partial charge in [-0.3, -0.25) is 0 Å². The van der Waals surface area contributed by atoms with Gasteiger partial charge in [0.25, 0.3) is 0 Å². The summed E-state index contributed by atoms with van der Waals surface area (Å²) in [6.45, 7) is 6.58. The first-order valence-electron chi connectivity index (χ1n) is 6.02. The van der Waals surface area contributed by atoms with E-state index in [-0.39, 0.29) is 6.04 Å². The average Bonchev–Trinajstić information content (AvgIpc) is 2.74. The van der Waals surface area contributed by atoms with Gasteiger partial charge >= 0.3 is 0 Å². The van der Waals surface area contributed by atoms with Crippen LogP contribution in [0.5, 0.6) is 0 Å². The van der Waals surface area contributed by atoms with Gasteiger partial charge in [0, 0.05) is 6.54 Å². The molecule has 1 saturated heterocycles. The third-order valence-corrected chi connectivity index (χ3v) is 3.19. The first-order valence-corrected chi connectivity index (χ1v) is 6.02. The van der Waals surface area contributed by atoms with Crippen molar-refractivity contribution in [2.75, 3.05) is 19.8 Å². The normalized spacial score (nSPS) is 20.9. The lowest BCUT2D eigenvalue weighted by molar-refractivity contribution is 0.0746. The summed E-state index contributed by atoms with van der Waals surface area (Å²) in [4.78, 5) is 8.07. The third kappa shape index (κ3) is 1.94. The van der Waals surface area contributed by atoms with Crippen LogP contribution in [0.15, 0.2) is 12.1 Å². The standard InChI is InChI=1S/C13H17N3O/c1-8-5-9(2)12-10(6-8)15-13(16-12)11-7-17-4-3-14-11/h5-6,11,14H,3-4,7H2,1-2H3,(H,15,16). The summed E-state index contributed by atoms with van der Waals surface area (Å²) >= 11 is 0. The quantitative estimate of drug-likeness (QED) is 0.787. The Bertz CT molecular complexity index is 541. The van der Waals surface area contributed by atoms with Gasteiger partial charge in [-0.25, -0.2) is 4.98 Å². The Morgan fingerprint density at radius 2 is 2.24 bits per heavy atom. The number of nitrogens with one attached hydrogen (secondary N) is 2. The summed E-state index contributed by atoms with van der Waals surface area (Å²) in [6, 6.07) is 4.50. The molecular formula is C13H17N3O. The molecule has 0 saturated carbocycles. The lowest BCUT2D eigenvalue weighted by Crippen LogP contribution is -2.35. The molecule has 1 unspecified atom stereocenters. The van der Waals surface area contributed by atoms with Crippen LogP contribution in [0.1, 0.15) is 23.0 Å². The van der Waals surface area contributed by atoms with Gasteiger partial charge in [0.1, 0.15) is 5.82 Å². The van der Waals surface area contributed by atoms with E-state index in [2.05, 4.69) is 41.3 Å². The number of aryl methyl sites for hydroxylation is 2. The molecule has 1 atom stereocenters. The van der Waals surface area contributed by atoms with Crippen molar-refractivity contribution in [2.45, 2.75) is 19.9 Å². The van der Waals surface area contributed by atoms with Crippen LogP contribution in [0.3, 0.4) is 0 Å². The van der Waals surface area contributed by atoms with E-state index >= 15 is 0 Å². The summed E-state index contributed by atoms with van der Waals surface area (Å²) in [5.74, 6) is 0.980. The first kappa shape index (κ1) is 10.7. The van der Waals surface area contributed by atoms with Crippen LogP contribution < -0.4 is 5.32 Å². The van der Waals surface area contributed by atoms with Gasteiger partial charge in [0.05, 0.1) is 30.3 Å². The molecule has 1 aliphatic heterocycles. The molecule has 0 bridgehead atoms. The maximum Gasteiger partial charge on any atom is 0.126 e. The topological polar surface area (TPSA) is 49.9 Å². The molecule has 0 radical (unpaired) electrons. The Hall–Kier alpha value is -1.39. The molecule has 0 aliphatic carbocycles.